The zero-order valence-corrected chi connectivity index (χ0v) is 17.0. The van der Waals surface area contributed by atoms with E-state index in [2.05, 4.69) is 32.8 Å². The minimum Gasteiger partial charge on any atom is -0.368 e. The topological polar surface area (TPSA) is 52.6 Å². The number of amides is 1. The van der Waals surface area contributed by atoms with Crippen molar-refractivity contribution in [2.45, 2.75) is 19.8 Å². The number of piperidine rings is 1. The van der Waals surface area contributed by atoms with E-state index in [0.29, 0.717) is 24.7 Å². The Morgan fingerprint density at radius 2 is 1.89 bits per heavy atom. The fourth-order valence-corrected chi connectivity index (χ4v) is 4.18. The number of anilines is 2. The van der Waals surface area contributed by atoms with Crippen LogP contribution >= 0.6 is 11.6 Å². The van der Waals surface area contributed by atoms with Gasteiger partial charge in [-0.25, -0.2) is 9.97 Å². The summed E-state index contributed by atoms with van der Waals surface area (Å²) in [6, 6.07) is 7.84. The van der Waals surface area contributed by atoms with Gasteiger partial charge in [-0.15, -0.1) is 0 Å². The standard InChI is InChI=1S/C21H26ClN5O/c1-16-4-3-7-27(15-16)20-14-23-19(13-24-20)21(28)26-10-8-25(9-11-26)18-6-2-5-17(22)12-18/h2,5-6,12-14,16H,3-4,7-11,15H2,1H3. The number of halogens is 1. The number of piperazine rings is 1. The minimum absolute atomic E-state index is 0.0446. The van der Waals surface area contributed by atoms with E-state index in [0.717, 1.165) is 42.7 Å². The van der Waals surface area contributed by atoms with Crippen molar-refractivity contribution in [1.82, 2.24) is 14.9 Å². The van der Waals surface area contributed by atoms with Gasteiger partial charge in [0.25, 0.3) is 5.91 Å². The highest BCUT2D eigenvalue weighted by atomic mass is 35.5. The number of rotatable bonds is 3. The maximum absolute atomic E-state index is 12.8. The van der Waals surface area contributed by atoms with Gasteiger partial charge in [0.1, 0.15) is 11.5 Å². The summed E-state index contributed by atoms with van der Waals surface area (Å²) in [5.41, 5.74) is 1.52. The molecule has 0 bridgehead atoms. The van der Waals surface area contributed by atoms with Gasteiger partial charge in [0, 0.05) is 50.0 Å². The molecule has 0 radical (unpaired) electrons. The van der Waals surface area contributed by atoms with Gasteiger partial charge in [-0.1, -0.05) is 24.6 Å². The van der Waals surface area contributed by atoms with E-state index in [1.54, 1.807) is 12.4 Å². The molecule has 2 aliphatic rings. The van der Waals surface area contributed by atoms with Crippen LogP contribution in [0.5, 0.6) is 0 Å². The summed E-state index contributed by atoms with van der Waals surface area (Å²) in [4.78, 5) is 28.1. The normalized spacial score (nSPS) is 20.4. The molecule has 3 heterocycles. The van der Waals surface area contributed by atoms with Crippen molar-refractivity contribution in [2.75, 3.05) is 49.1 Å². The molecular formula is C21H26ClN5O. The van der Waals surface area contributed by atoms with Crippen molar-refractivity contribution < 1.29 is 4.79 Å². The second kappa shape index (κ2) is 8.35. The average molecular weight is 400 g/mol. The molecule has 1 unspecified atom stereocenters. The fourth-order valence-electron chi connectivity index (χ4n) is 4.00. The van der Waals surface area contributed by atoms with Gasteiger partial charge in [0.2, 0.25) is 0 Å². The van der Waals surface area contributed by atoms with Crippen LogP contribution in [0, 0.1) is 5.92 Å². The maximum Gasteiger partial charge on any atom is 0.274 e. The van der Waals surface area contributed by atoms with Crippen LogP contribution in [0.2, 0.25) is 5.02 Å². The van der Waals surface area contributed by atoms with Gasteiger partial charge < -0.3 is 14.7 Å². The molecule has 0 aliphatic carbocycles. The van der Waals surface area contributed by atoms with E-state index in [9.17, 15) is 4.79 Å². The Hall–Kier alpha value is -2.34. The molecule has 2 saturated heterocycles. The van der Waals surface area contributed by atoms with Gasteiger partial charge >= 0.3 is 0 Å². The first-order valence-electron chi connectivity index (χ1n) is 9.97. The predicted molar refractivity (Wildman–Crippen MR) is 112 cm³/mol. The third-order valence-electron chi connectivity index (χ3n) is 5.58. The lowest BCUT2D eigenvalue weighted by molar-refractivity contribution is 0.0740. The van der Waals surface area contributed by atoms with Gasteiger partial charge in [-0.2, -0.15) is 0 Å². The van der Waals surface area contributed by atoms with E-state index in [1.807, 2.05) is 23.1 Å². The van der Waals surface area contributed by atoms with Crippen LogP contribution in [0.15, 0.2) is 36.7 Å². The first-order chi connectivity index (χ1) is 13.6. The molecule has 148 valence electrons. The second-order valence-electron chi connectivity index (χ2n) is 7.71. The zero-order valence-electron chi connectivity index (χ0n) is 16.2. The largest absolute Gasteiger partial charge is 0.368 e. The predicted octanol–water partition coefficient (Wildman–Crippen LogP) is 3.33. The Kier molecular flexibility index (Phi) is 5.67. The van der Waals surface area contributed by atoms with Crippen LogP contribution in [0.4, 0.5) is 11.5 Å². The van der Waals surface area contributed by atoms with Crippen molar-refractivity contribution in [3.05, 3.63) is 47.4 Å². The third-order valence-corrected chi connectivity index (χ3v) is 5.81. The van der Waals surface area contributed by atoms with Crippen LogP contribution in [-0.2, 0) is 0 Å². The van der Waals surface area contributed by atoms with Crippen molar-refractivity contribution >= 4 is 29.0 Å². The summed E-state index contributed by atoms with van der Waals surface area (Å²) in [6.45, 7) is 7.18. The molecule has 0 saturated carbocycles. The first kappa shape index (κ1) is 19.0. The SMILES string of the molecule is CC1CCCN(c2cnc(C(=O)N3CCN(c4cccc(Cl)c4)CC3)cn2)C1. The molecule has 6 nitrogen and oxygen atoms in total. The quantitative estimate of drug-likeness (QED) is 0.792. The lowest BCUT2D eigenvalue weighted by Crippen LogP contribution is -2.49. The van der Waals surface area contributed by atoms with E-state index in [1.165, 1.54) is 12.8 Å². The molecule has 0 N–H and O–H groups in total. The zero-order chi connectivity index (χ0) is 19.5. The maximum atomic E-state index is 12.8. The van der Waals surface area contributed by atoms with Crippen LogP contribution in [-0.4, -0.2) is 60.0 Å². The van der Waals surface area contributed by atoms with Gasteiger partial charge in [-0.05, 0) is 37.0 Å². The highest BCUT2D eigenvalue weighted by Gasteiger charge is 2.24. The highest BCUT2D eigenvalue weighted by Crippen LogP contribution is 2.22. The van der Waals surface area contributed by atoms with Crippen molar-refractivity contribution in [3.63, 3.8) is 0 Å². The molecule has 2 aromatic rings. The summed E-state index contributed by atoms with van der Waals surface area (Å²) in [5, 5.41) is 0.731. The van der Waals surface area contributed by atoms with Crippen molar-refractivity contribution in [1.29, 1.82) is 0 Å². The Labute approximate surface area is 171 Å². The van der Waals surface area contributed by atoms with Crippen molar-refractivity contribution in [2.24, 2.45) is 5.92 Å². The summed E-state index contributed by atoms with van der Waals surface area (Å²) in [7, 11) is 0. The molecule has 1 atom stereocenters. The molecule has 0 spiro atoms. The lowest BCUT2D eigenvalue weighted by atomic mass is 10.0. The van der Waals surface area contributed by atoms with Crippen LogP contribution in [0.1, 0.15) is 30.3 Å². The molecule has 4 rings (SSSR count). The number of benzene rings is 1. The summed E-state index contributed by atoms with van der Waals surface area (Å²) in [5.74, 6) is 1.50. The number of hydrogen-bond donors (Lipinski definition) is 0. The van der Waals surface area contributed by atoms with Gasteiger partial charge in [0.15, 0.2) is 0 Å². The van der Waals surface area contributed by atoms with Gasteiger partial charge in [0.05, 0.1) is 12.4 Å². The molecule has 1 amide bonds. The van der Waals surface area contributed by atoms with Crippen LogP contribution in [0.25, 0.3) is 0 Å². The van der Waals surface area contributed by atoms with E-state index in [-0.39, 0.29) is 5.91 Å². The van der Waals surface area contributed by atoms with E-state index in [4.69, 9.17) is 11.6 Å². The van der Waals surface area contributed by atoms with Crippen molar-refractivity contribution in [3.8, 4) is 0 Å². The van der Waals surface area contributed by atoms with E-state index < -0.39 is 0 Å². The number of hydrogen-bond acceptors (Lipinski definition) is 5. The number of aromatic nitrogens is 2. The summed E-state index contributed by atoms with van der Waals surface area (Å²) < 4.78 is 0. The molecular weight excluding hydrogens is 374 g/mol. The summed E-state index contributed by atoms with van der Waals surface area (Å²) >= 11 is 6.09. The van der Waals surface area contributed by atoms with Crippen LogP contribution < -0.4 is 9.80 Å². The van der Waals surface area contributed by atoms with Gasteiger partial charge in [-0.3, -0.25) is 4.79 Å². The molecule has 2 aliphatic heterocycles. The van der Waals surface area contributed by atoms with E-state index >= 15 is 0 Å². The smallest absolute Gasteiger partial charge is 0.274 e. The molecule has 1 aromatic carbocycles. The molecule has 1 aromatic heterocycles. The second-order valence-corrected chi connectivity index (χ2v) is 8.15. The number of carbonyl (C=O) groups excluding carboxylic acids is 1. The third kappa shape index (κ3) is 4.22. The Bertz CT molecular complexity index is 820. The first-order valence-corrected chi connectivity index (χ1v) is 10.3. The van der Waals surface area contributed by atoms with Crippen LogP contribution in [0.3, 0.4) is 0 Å². The number of carbonyl (C=O) groups is 1. The minimum atomic E-state index is -0.0446. The molecule has 2 fully saturated rings. The fraction of sp³-hybridized carbons (Fsp3) is 0.476. The summed E-state index contributed by atoms with van der Waals surface area (Å²) in [6.07, 6.45) is 5.82. The molecule has 7 heteroatoms. The monoisotopic (exact) mass is 399 g/mol. The average Bonchev–Trinajstić information content (AvgIpc) is 2.73. The lowest BCUT2D eigenvalue weighted by Gasteiger charge is -2.36. The highest BCUT2D eigenvalue weighted by molar-refractivity contribution is 6.30. The Morgan fingerprint density at radius 3 is 2.57 bits per heavy atom. The Balaban J connectivity index is 1.36. The Morgan fingerprint density at radius 1 is 1.07 bits per heavy atom. The molecule has 28 heavy (non-hydrogen) atoms. The number of nitrogens with zero attached hydrogens (tertiary/aromatic N) is 5.